The van der Waals surface area contributed by atoms with E-state index in [2.05, 4.69) is 30.4 Å². The van der Waals surface area contributed by atoms with Crippen LogP contribution in [0.25, 0.3) is 0 Å². The van der Waals surface area contributed by atoms with Crippen LogP contribution in [-0.4, -0.2) is 32.9 Å². The minimum atomic E-state index is 0.240. The molecular formula is C17H25NO2. The maximum Gasteiger partial charge on any atom is 0.122 e. The van der Waals surface area contributed by atoms with Crippen LogP contribution < -0.4 is 10.1 Å². The summed E-state index contributed by atoms with van der Waals surface area (Å²) >= 11 is 0. The van der Waals surface area contributed by atoms with E-state index < -0.39 is 0 Å². The Bertz CT molecular complexity index is 462. The van der Waals surface area contributed by atoms with Crippen LogP contribution in [0.15, 0.2) is 18.2 Å². The fourth-order valence-electron chi connectivity index (χ4n) is 3.09. The highest BCUT2D eigenvalue weighted by molar-refractivity contribution is 5.37. The van der Waals surface area contributed by atoms with Gasteiger partial charge in [0.25, 0.3) is 0 Å². The molecule has 110 valence electrons. The topological polar surface area (TPSA) is 30.5 Å². The minimum Gasteiger partial charge on any atom is -0.496 e. The molecule has 1 aliphatic carbocycles. The highest BCUT2D eigenvalue weighted by Gasteiger charge is 2.37. The fourth-order valence-corrected chi connectivity index (χ4v) is 3.09. The quantitative estimate of drug-likeness (QED) is 0.866. The van der Waals surface area contributed by atoms with Gasteiger partial charge in [-0.1, -0.05) is 17.7 Å². The Balaban J connectivity index is 1.76. The van der Waals surface area contributed by atoms with Gasteiger partial charge in [-0.2, -0.15) is 0 Å². The molecule has 1 N–H and O–H groups in total. The van der Waals surface area contributed by atoms with Crippen molar-refractivity contribution >= 4 is 0 Å². The van der Waals surface area contributed by atoms with Gasteiger partial charge in [-0.05, 0) is 44.2 Å². The van der Waals surface area contributed by atoms with E-state index in [1.54, 1.807) is 7.11 Å². The summed E-state index contributed by atoms with van der Waals surface area (Å²) in [5, 5.41) is 3.69. The van der Waals surface area contributed by atoms with Crippen LogP contribution in [0, 0.1) is 12.3 Å². The van der Waals surface area contributed by atoms with Crippen LogP contribution in [0.1, 0.15) is 30.4 Å². The lowest BCUT2D eigenvalue weighted by Gasteiger charge is -2.29. The Morgan fingerprint density at radius 2 is 2.25 bits per heavy atom. The number of nitrogens with one attached hydrogen (secondary N) is 1. The van der Waals surface area contributed by atoms with Crippen LogP contribution in [0.5, 0.6) is 5.75 Å². The molecule has 1 heterocycles. The second-order valence-corrected chi connectivity index (χ2v) is 6.45. The average molecular weight is 275 g/mol. The highest BCUT2D eigenvalue weighted by Crippen LogP contribution is 2.36. The van der Waals surface area contributed by atoms with Gasteiger partial charge < -0.3 is 14.8 Å². The summed E-state index contributed by atoms with van der Waals surface area (Å²) in [4.78, 5) is 0. The van der Waals surface area contributed by atoms with E-state index in [9.17, 15) is 0 Å². The molecule has 3 rings (SSSR count). The molecule has 0 amide bonds. The molecule has 1 aliphatic heterocycles. The van der Waals surface area contributed by atoms with Gasteiger partial charge in [-0.3, -0.25) is 0 Å². The second kappa shape index (κ2) is 5.74. The maximum absolute atomic E-state index is 5.71. The summed E-state index contributed by atoms with van der Waals surface area (Å²) in [7, 11) is 1.76. The molecule has 1 aromatic carbocycles. The van der Waals surface area contributed by atoms with E-state index in [1.807, 2.05) is 0 Å². The molecule has 20 heavy (non-hydrogen) atoms. The molecule has 0 radical (unpaired) electrons. The van der Waals surface area contributed by atoms with E-state index in [0.717, 1.165) is 44.4 Å². The van der Waals surface area contributed by atoms with E-state index >= 15 is 0 Å². The standard InChI is InChI=1S/C17H25NO2/c1-13-3-6-16(19-2)14(9-13)10-17(7-8-20-12-17)11-18-15-4-5-15/h3,6,9,15,18H,4-5,7-8,10-12H2,1-2H3. The molecule has 1 saturated heterocycles. The van der Waals surface area contributed by atoms with Gasteiger partial charge in [-0.25, -0.2) is 0 Å². The summed E-state index contributed by atoms with van der Waals surface area (Å²) in [5.41, 5.74) is 2.85. The molecule has 3 nitrogen and oxygen atoms in total. The third-order valence-electron chi connectivity index (χ3n) is 4.53. The van der Waals surface area contributed by atoms with Gasteiger partial charge in [0.2, 0.25) is 0 Å². The first kappa shape index (κ1) is 13.9. The Morgan fingerprint density at radius 1 is 1.40 bits per heavy atom. The van der Waals surface area contributed by atoms with Crippen molar-refractivity contribution in [3.8, 4) is 5.75 Å². The van der Waals surface area contributed by atoms with Crippen LogP contribution in [-0.2, 0) is 11.2 Å². The van der Waals surface area contributed by atoms with Gasteiger partial charge in [0.05, 0.1) is 13.7 Å². The van der Waals surface area contributed by atoms with E-state index in [-0.39, 0.29) is 5.41 Å². The van der Waals surface area contributed by atoms with E-state index in [1.165, 1.54) is 24.0 Å². The number of benzene rings is 1. The molecule has 1 atom stereocenters. The summed E-state index contributed by atoms with van der Waals surface area (Å²) < 4.78 is 11.2. The predicted octanol–water partition coefficient (Wildman–Crippen LogP) is 2.70. The van der Waals surface area contributed by atoms with Crippen molar-refractivity contribution in [2.75, 3.05) is 26.9 Å². The highest BCUT2D eigenvalue weighted by atomic mass is 16.5. The normalized spacial score (nSPS) is 25.9. The number of hydrogen-bond acceptors (Lipinski definition) is 3. The number of aryl methyl sites for hydroxylation is 1. The van der Waals surface area contributed by atoms with Crippen LogP contribution in [0.2, 0.25) is 0 Å². The molecule has 1 unspecified atom stereocenters. The van der Waals surface area contributed by atoms with Crippen molar-refractivity contribution in [3.63, 3.8) is 0 Å². The van der Waals surface area contributed by atoms with Gasteiger partial charge in [0.15, 0.2) is 0 Å². The van der Waals surface area contributed by atoms with Crippen LogP contribution >= 0.6 is 0 Å². The van der Waals surface area contributed by atoms with Crippen molar-refractivity contribution in [2.45, 2.75) is 38.6 Å². The summed E-state index contributed by atoms with van der Waals surface area (Å²) in [6, 6.07) is 7.22. The predicted molar refractivity (Wildman–Crippen MR) is 80.3 cm³/mol. The van der Waals surface area contributed by atoms with E-state index in [4.69, 9.17) is 9.47 Å². The third kappa shape index (κ3) is 3.15. The zero-order valence-electron chi connectivity index (χ0n) is 12.6. The van der Waals surface area contributed by atoms with Gasteiger partial charge in [0.1, 0.15) is 5.75 Å². The number of ether oxygens (including phenoxy) is 2. The molecule has 2 aliphatic rings. The molecule has 2 fully saturated rings. The first-order chi connectivity index (χ1) is 9.71. The SMILES string of the molecule is COc1ccc(C)cc1CC1(CNC2CC2)CCOC1. The third-order valence-corrected chi connectivity index (χ3v) is 4.53. The molecule has 1 saturated carbocycles. The Labute approximate surface area is 121 Å². The average Bonchev–Trinajstić information content (AvgIpc) is 3.17. The molecule has 0 aromatic heterocycles. The Hall–Kier alpha value is -1.06. The zero-order chi connectivity index (χ0) is 14.0. The van der Waals surface area contributed by atoms with Gasteiger partial charge >= 0.3 is 0 Å². The smallest absolute Gasteiger partial charge is 0.122 e. The van der Waals surface area contributed by atoms with E-state index in [0.29, 0.717) is 0 Å². The molecule has 0 spiro atoms. The van der Waals surface area contributed by atoms with Crippen molar-refractivity contribution in [3.05, 3.63) is 29.3 Å². The lowest BCUT2D eigenvalue weighted by atomic mass is 9.80. The van der Waals surface area contributed by atoms with Crippen molar-refractivity contribution < 1.29 is 9.47 Å². The fraction of sp³-hybridized carbons (Fsp3) is 0.647. The molecule has 1 aromatic rings. The monoisotopic (exact) mass is 275 g/mol. The summed E-state index contributed by atoms with van der Waals surface area (Å²) in [6.45, 7) is 4.96. The Morgan fingerprint density at radius 3 is 2.90 bits per heavy atom. The molecular weight excluding hydrogens is 250 g/mol. The van der Waals surface area contributed by atoms with Gasteiger partial charge in [-0.15, -0.1) is 0 Å². The first-order valence-corrected chi connectivity index (χ1v) is 7.65. The zero-order valence-corrected chi connectivity index (χ0v) is 12.6. The lowest BCUT2D eigenvalue weighted by molar-refractivity contribution is 0.148. The number of hydrogen-bond donors (Lipinski definition) is 1. The maximum atomic E-state index is 5.71. The number of methoxy groups -OCH3 is 1. The van der Waals surface area contributed by atoms with Gasteiger partial charge in [0, 0.05) is 24.6 Å². The van der Waals surface area contributed by atoms with Crippen LogP contribution in [0.4, 0.5) is 0 Å². The van der Waals surface area contributed by atoms with Crippen LogP contribution in [0.3, 0.4) is 0 Å². The van der Waals surface area contributed by atoms with Crippen molar-refractivity contribution in [1.29, 1.82) is 0 Å². The minimum absolute atomic E-state index is 0.240. The molecule has 3 heteroatoms. The summed E-state index contributed by atoms with van der Waals surface area (Å²) in [6.07, 6.45) is 4.86. The van der Waals surface area contributed by atoms with Crippen molar-refractivity contribution in [2.24, 2.45) is 5.41 Å². The molecule has 0 bridgehead atoms. The largest absolute Gasteiger partial charge is 0.496 e. The second-order valence-electron chi connectivity index (χ2n) is 6.45. The number of rotatable bonds is 6. The summed E-state index contributed by atoms with van der Waals surface area (Å²) in [5.74, 6) is 1.01. The first-order valence-electron chi connectivity index (χ1n) is 7.65. The lowest BCUT2D eigenvalue weighted by Crippen LogP contribution is -2.37. The Kier molecular flexibility index (Phi) is 3.99. The van der Waals surface area contributed by atoms with Crippen molar-refractivity contribution in [1.82, 2.24) is 5.32 Å².